The van der Waals surface area contributed by atoms with Crippen molar-refractivity contribution in [1.82, 2.24) is 15.5 Å². The topological polar surface area (TPSA) is 135 Å². The summed E-state index contributed by atoms with van der Waals surface area (Å²) in [5, 5.41) is 27.7. The summed E-state index contributed by atoms with van der Waals surface area (Å²) < 4.78 is 0. The molecule has 1 aromatic rings. The fraction of sp³-hybridized carbons (Fsp3) is 0.600. The van der Waals surface area contributed by atoms with Gasteiger partial charge in [-0.2, -0.15) is 5.26 Å². The molecule has 0 spiro atoms. The number of rotatable bonds is 8. The summed E-state index contributed by atoms with van der Waals surface area (Å²) in [5.74, 6) is -1.80. The first-order valence-corrected chi connectivity index (χ1v) is 13.0. The molecule has 0 aromatic heterocycles. The number of carbonyl (C=O) groups is 3. The van der Waals surface area contributed by atoms with E-state index in [0.29, 0.717) is 37.2 Å². The van der Waals surface area contributed by atoms with E-state index in [0.717, 1.165) is 6.42 Å². The van der Waals surface area contributed by atoms with E-state index in [9.17, 15) is 24.8 Å². The van der Waals surface area contributed by atoms with E-state index in [1.165, 1.54) is 11.8 Å². The third kappa shape index (κ3) is 6.67. The van der Waals surface area contributed by atoms with Crippen LogP contribution in [-0.2, 0) is 9.59 Å². The number of thioether (sulfide) groups is 1. The minimum Gasteiger partial charge on any atom is -0.391 e. The Morgan fingerprint density at radius 2 is 2.06 bits per heavy atom. The largest absolute Gasteiger partial charge is 0.391 e. The molecule has 35 heavy (non-hydrogen) atoms. The number of aliphatic hydroxyl groups is 1. The third-order valence-electron chi connectivity index (χ3n) is 6.13. The number of amides is 3. The summed E-state index contributed by atoms with van der Waals surface area (Å²) in [6.07, 6.45) is 1.54. The van der Waals surface area contributed by atoms with Crippen molar-refractivity contribution in [3.63, 3.8) is 0 Å². The van der Waals surface area contributed by atoms with Gasteiger partial charge >= 0.3 is 0 Å². The predicted molar refractivity (Wildman–Crippen MR) is 136 cm³/mol. The maximum absolute atomic E-state index is 13.1. The lowest BCUT2D eigenvalue weighted by Crippen LogP contribution is -2.48. The molecule has 1 aromatic carbocycles. The molecule has 1 aliphatic heterocycles. The second-order valence-electron chi connectivity index (χ2n) is 10.0. The quantitative estimate of drug-likeness (QED) is 0.428. The summed E-state index contributed by atoms with van der Waals surface area (Å²) in [4.78, 5) is 40.0. The van der Waals surface area contributed by atoms with Crippen LogP contribution in [0, 0.1) is 17.2 Å². The van der Waals surface area contributed by atoms with E-state index in [4.69, 9.17) is 0 Å². The molecule has 0 radical (unpaired) electrons. The highest BCUT2D eigenvalue weighted by Crippen LogP contribution is 2.36. The molecule has 1 aliphatic carbocycles. The first kappa shape index (κ1) is 26.8. The number of aliphatic hydroxyl groups excluding tert-OH is 1. The van der Waals surface area contributed by atoms with Crippen molar-refractivity contribution in [2.75, 3.05) is 18.4 Å². The van der Waals surface area contributed by atoms with Gasteiger partial charge in [0.05, 0.1) is 18.2 Å². The molecule has 3 amide bonds. The van der Waals surface area contributed by atoms with Gasteiger partial charge in [-0.25, -0.2) is 0 Å². The van der Waals surface area contributed by atoms with Crippen LogP contribution in [0.3, 0.4) is 0 Å². The van der Waals surface area contributed by atoms with Crippen LogP contribution in [0.1, 0.15) is 57.3 Å². The number of anilines is 1. The Morgan fingerprint density at radius 3 is 2.66 bits per heavy atom. The molecular weight excluding hydrogens is 466 g/mol. The minimum absolute atomic E-state index is 0.134. The predicted octanol–water partition coefficient (Wildman–Crippen LogP) is 2.09. The number of nitrogens with one attached hydrogen (secondary N) is 3. The Labute approximate surface area is 211 Å². The number of benzene rings is 1. The minimum atomic E-state index is -1.04. The van der Waals surface area contributed by atoms with Crippen LogP contribution in [-0.4, -0.2) is 69.1 Å². The van der Waals surface area contributed by atoms with E-state index in [1.54, 1.807) is 23.1 Å². The molecule has 4 N–H and O–H groups in total. The Morgan fingerprint density at radius 1 is 1.31 bits per heavy atom. The molecular formula is C25H35N5O4S. The molecule has 1 heterocycles. The highest BCUT2D eigenvalue weighted by atomic mass is 32.2. The summed E-state index contributed by atoms with van der Waals surface area (Å²) in [5.41, 5.74) is 0.862. The van der Waals surface area contributed by atoms with Crippen LogP contribution in [0.2, 0.25) is 0 Å². The van der Waals surface area contributed by atoms with Gasteiger partial charge in [0.25, 0.3) is 5.91 Å². The lowest BCUT2D eigenvalue weighted by molar-refractivity contribution is -0.131. The van der Waals surface area contributed by atoms with E-state index in [1.807, 2.05) is 33.8 Å². The highest BCUT2D eigenvalue weighted by Gasteiger charge is 2.46. The van der Waals surface area contributed by atoms with Gasteiger partial charge in [0.2, 0.25) is 11.8 Å². The molecule has 1 saturated heterocycles. The molecule has 9 nitrogen and oxygen atoms in total. The number of nitrogens with zero attached hydrogens (tertiary/aromatic N) is 2. The third-order valence-corrected chi connectivity index (χ3v) is 7.63. The summed E-state index contributed by atoms with van der Waals surface area (Å²) in [6.45, 7) is 8.24. The zero-order valence-electron chi connectivity index (χ0n) is 20.7. The number of hydrogen-bond acceptors (Lipinski definition) is 7. The summed E-state index contributed by atoms with van der Waals surface area (Å²) in [7, 11) is 0. The normalized spacial score (nSPS) is 25.1. The lowest BCUT2D eigenvalue weighted by atomic mass is 10.1. The molecule has 190 valence electrons. The average Bonchev–Trinajstić information content (AvgIpc) is 3.34. The zero-order chi connectivity index (χ0) is 25.8. The monoisotopic (exact) mass is 501 g/mol. The lowest BCUT2D eigenvalue weighted by Gasteiger charge is -2.26. The fourth-order valence-corrected chi connectivity index (χ4v) is 5.88. The van der Waals surface area contributed by atoms with Gasteiger partial charge in [0.15, 0.2) is 5.92 Å². The van der Waals surface area contributed by atoms with Crippen molar-refractivity contribution in [2.45, 2.75) is 75.3 Å². The Bertz CT molecular complexity index is 989. The maximum Gasteiger partial charge on any atom is 0.251 e. The SMILES string of the molecule is CCN1C(=O)C(CNc2cccc(C(=O)NC(C)(C)C)c2)SC1C(C#N)C(=O)N[C@H]1CCC[C@@H]1O. The van der Waals surface area contributed by atoms with Gasteiger partial charge in [0.1, 0.15) is 10.6 Å². The van der Waals surface area contributed by atoms with Crippen molar-refractivity contribution in [3.8, 4) is 6.07 Å². The first-order valence-electron chi connectivity index (χ1n) is 12.0. The van der Waals surface area contributed by atoms with Crippen molar-refractivity contribution in [3.05, 3.63) is 29.8 Å². The van der Waals surface area contributed by atoms with Gasteiger partial charge in [-0.1, -0.05) is 6.07 Å². The van der Waals surface area contributed by atoms with E-state index in [-0.39, 0.29) is 23.4 Å². The van der Waals surface area contributed by atoms with E-state index < -0.39 is 28.6 Å². The Kier molecular flexibility index (Phi) is 8.67. The molecule has 2 fully saturated rings. The van der Waals surface area contributed by atoms with Crippen molar-refractivity contribution >= 4 is 35.2 Å². The summed E-state index contributed by atoms with van der Waals surface area (Å²) in [6, 6.07) is 8.79. The van der Waals surface area contributed by atoms with E-state index >= 15 is 0 Å². The van der Waals surface area contributed by atoms with Crippen LogP contribution < -0.4 is 16.0 Å². The highest BCUT2D eigenvalue weighted by molar-refractivity contribution is 8.01. The number of nitriles is 1. The van der Waals surface area contributed by atoms with Crippen LogP contribution in [0.25, 0.3) is 0 Å². The molecule has 1 saturated carbocycles. The maximum atomic E-state index is 13.1. The molecule has 3 rings (SSSR count). The number of carbonyl (C=O) groups excluding carboxylic acids is 3. The average molecular weight is 502 g/mol. The molecule has 5 atom stereocenters. The van der Waals surface area contributed by atoms with Crippen LogP contribution in [0.15, 0.2) is 24.3 Å². The fourth-order valence-electron chi connectivity index (χ4n) is 4.37. The van der Waals surface area contributed by atoms with Gasteiger partial charge in [-0.3, -0.25) is 14.4 Å². The number of hydrogen-bond donors (Lipinski definition) is 4. The Balaban J connectivity index is 1.65. The van der Waals surface area contributed by atoms with Crippen LogP contribution in [0.5, 0.6) is 0 Å². The van der Waals surface area contributed by atoms with Gasteiger partial charge in [0, 0.05) is 29.9 Å². The standard InChI is InChI=1S/C25H35N5O4S/c1-5-30-23(34)20(14-27-16-9-6-8-15(12-16)21(32)29-25(2,3)4)35-24(30)17(13-26)22(33)28-18-10-7-11-19(18)31/h6,8-9,12,17-20,24,27,31H,5,7,10-11,14H2,1-4H3,(H,28,33)(H,29,32)/t17?,18-,19-,20?,24?/m0/s1. The molecule has 2 aliphatic rings. The van der Waals surface area contributed by atoms with Crippen molar-refractivity contribution in [1.29, 1.82) is 5.26 Å². The van der Waals surface area contributed by atoms with Crippen molar-refractivity contribution in [2.24, 2.45) is 5.92 Å². The zero-order valence-corrected chi connectivity index (χ0v) is 21.5. The molecule has 3 unspecified atom stereocenters. The van der Waals surface area contributed by atoms with Gasteiger partial charge in [-0.15, -0.1) is 11.8 Å². The van der Waals surface area contributed by atoms with Crippen LogP contribution in [0.4, 0.5) is 5.69 Å². The van der Waals surface area contributed by atoms with E-state index in [2.05, 4.69) is 22.0 Å². The van der Waals surface area contributed by atoms with Gasteiger partial charge in [-0.05, 0) is 65.2 Å². The molecule has 0 bridgehead atoms. The first-order chi connectivity index (χ1) is 16.5. The second-order valence-corrected chi connectivity index (χ2v) is 11.3. The second kappa shape index (κ2) is 11.3. The van der Waals surface area contributed by atoms with Crippen molar-refractivity contribution < 1.29 is 19.5 Å². The van der Waals surface area contributed by atoms with Crippen LogP contribution >= 0.6 is 11.8 Å². The smallest absolute Gasteiger partial charge is 0.251 e. The Hall–Kier alpha value is -2.77. The van der Waals surface area contributed by atoms with Gasteiger partial charge < -0.3 is 26.0 Å². The summed E-state index contributed by atoms with van der Waals surface area (Å²) >= 11 is 1.30. The molecule has 10 heteroatoms.